The normalized spacial score (nSPS) is 11.7. The largest absolute Gasteiger partial charge is 0.478 e. The van der Waals surface area contributed by atoms with Gasteiger partial charge in [0, 0.05) is 6.61 Å². The smallest absolute Gasteiger partial charge is 0.340 e. The summed E-state index contributed by atoms with van der Waals surface area (Å²) in [5.41, 5.74) is 0.144. The molecule has 0 aliphatic heterocycles. The van der Waals surface area contributed by atoms with Gasteiger partial charge in [0.1, 0.15) is 5.75 Å². The van der Waals surface area contributed by atoms with Gasteiger partial charge in [0.25, 0.3) is 0 Å². The molecule has 0 aliphatic rings. The zero-order chi connectivity index (χ0) is 17.1. The fourth-order valence-electron chi connectivity index (χ4n) is 1.94. The van der Waals surface area contributed by atoms with Crippen LogP contribution in [0.25, 0.3) is 0 Å². The molecule has 23 heavy (non-hydrogen) atoms. The van der Waals surface area contributed by atoms with Gasteiger partial charge in [-0.15, -0.1) is 6.58 Å². The summed E-state index contributed by atoms with van der Waals surface area (Å²) in [4.78, 5) is 22.6. The summed E-state index contributed by atoms with van der Waals surface area (Å²) in [6.45, 7) is 5.84. The van der Waals surface area contributed by atoms with Gasteiger partial charge in [-0.1, -0.05) is 18.9 Å². The Labute approximate surface area is 136 Å². The Bertz CT molecular complexity index is 507. The lowest BCUT2D eigenvalue weighted by atomic mass is 10.1. The third-order valence-corrected chi connectivity index (χ3v) is 3.32. The highest BCUT2D eigenvalue weighted by Crippen LogP contribution is 2.13. The summed E-state index contributed by atoms with van der Waals surface area (Å²) < 4.78 is 10.6. The monoisotopic (exact) mass is 320 g/mol. The Kier molecular flexibility index (Phi) is 8.68. The third-order valence-electron chi connectivity index (χ3n) is 3.32. The van der Waals surface area contributed by atoms with Crippen molar-refractivity contribution in [2.75, 3.05) is 6.61 Å². The lowest BCUT2D eigenvalue weighted by molar-refractivity contribution is -0.146. The maximum absolute atomic E-state index is 11.9. The van der Waals surface area contributed by atoms with E-state index in [1.54, 1.807) is 6.92 Å². The minimum absolute atomic E-state index is 0.144. The molecular formula is C18H24O5. The van der Waals surface area contributed by atoms with E-state index in [1.807, 2.05) is 6.08 Å². The van der Waals surface area contributed by atoms with Gasteiger partial charge in [-0.25, -0.2) is 9.59 Å². The van der Waals surface area contributed by atoms with Gasteiger partial charge in [0.05, 0.1) is 5.56 Å². The van der Waals surface area contributed by atoms with Gasteiger partial charge in [0.2, 0.25) is 0 Å². The molecule has 1 N–H and O–H groups in total. The number of unbranched alkanes of at least 4 members (excludes halogenated alkanes) is 4. The van der Waals surface area contributed by atoms with Crippen molar-refractivity contribution >= 4 is 11.9 Å². The first kappa shape index (κ1) is 18.9. The van der Waals surface area contributed by atoms with Crippen molar-refractivity contribution in [2.45, 2.75) is 45.1 Å². The van der Waals surface area contributed by atoms with Crippen LogP contribution in [-0.2, 0) is 9.53 Å². The molecule has 5 heteroatoms. The Hall–Kier alpha value is -2.14. The number of carbonyl (C=O) groups excluding carboxylic acids is 1. The number of esters is 1. The second-order valence-electron chi connectivity index (χ2n) is 5.26. The first-order chi connectivity index (χ1) is 11.0. The van der Waals surface area contributed by atoms with E-state index in [-0.39, 0.29) is 5.56 Å². The van der Waals surface area contributed by atoms with Crippen molar-refractivity contribution in [3.05, 3.63) is 42.5 Å². The molecule has 0 saturated carbocycles. The molecule has 0 radical (unpaired) electrons. The number of carbonyl (C=O) groups is 2. The van der Waals surface area contributed by atoms with E-state index in [9.17, 15) is 9.59 Å². The molecule has 1 rings (SSSR count). The number of hydrogen-bond acceptors (Lipinski definition) is 4. The van der Waals surface area contributed by atoms with Crippen LogP contribution in [0.1, 0.15) is 49.4 Å². The minimum Gasteiger partial charge on any atom is -0.478 e. The number of rotatable bonds is 11. The lowest BCUT2D eigenvalue weighted by Crippen LogP contribution is -2.26. The predicted molar refractivity (Wildman–Crippen MR) is 87.7 cm³/mol. The molecule has 0 unspecified atom stereocenters. The molecule has 0 spiro atoms. The van der Waals surface area contributed by atoms with E-state index >= 15 is 0 Å². The zero-order valence-corrected chi connectivity index (χ0v) is 13.5. The summed E-state index contributed by atoms with van der Waals surface area (Å²) in [6.07, 6.45) is 6.52. The quantitative estimate of drug-likeness (QED) is 0.290. The van der Waals surface area contributed by atoms with E-state index < -0.39 is 18.0 Å². The van der Waals surface area contributed by atoms with E-state index in [2.05, 4.69) is 6.58 Å². The fourth-order valence-corrected chi connectivity index (χ4v) is 1.94. The summed E-state index contributed by atoms with van der Waals surface area (Å²) >= 11 is 0. The number of ether oxygens (including phenoxy) is 2. The van der Waals surface area contributed by atoms with Crippen LogP contribution in [-0.4, -0.2) is 29.8 Å². The van der Waals surface area contributed by atoms with Crippen molar-refractivity contribution in [2.24, 2.45) is 0 Å². The molecule has 1 atom stereocenters. The molecule has 0 aliphatic carbocycles. The van der Waals surface area contributed by atoms with Crippen LogP contribution in [0, 0.1) is 0 Å². The molecule has 0 aromatic heterocycles. The van der Waals surface area contributed by atoms with Crippen molar-refractivity contribution in [1.29, 1.82) is 0 Å². The van der Waals surface area contributed by atoms with Gasteiger partial charge >= 0.3 is 11.9 Å². The van der Waals surface area contributed by atoms with Crippen LogP contribution in [0.5, 0.6) is 5.75 Å². The standard InChI is InChI=1S/C18H24O5/c1-3-4-5-6-7-8-13-22-14(2)18(21)23-16-11-9-15(10-12-16)17(19)20/h3,9-12,14H,1,4-8,13H2,2H3,(H,19,20)/t14-/m1/s1. The molecule has 0 heterocycles. The van der Waals surface area contributed by atoms with Gasteiger partial charge in [-0.05, 0) is 50.5 Å². The first-order valence-electron chi connectivity index (χ1n) is 7.82. The summed E-state index contributed by atoms with van der Waals surface area (Å²) in [6, 6.07) is 5.68. The average Bonchev–Trinajstić information content (AvgIpc) is 2.54. The molecule has 0 bridgehead atoms. The number of carboxylic acid groups (broad SMARTS) is 1. The third kappa shape index (κ3) is 7.61. The number of aromatic carboxylic acids is 1. The molecule has 5 nitrogen and oxygen atoms in total. The second kappa shape index (κ2) is 10.6. The van der Waals surface area contributed by atoms with Crippen LogP contribution in [0.3, 0.4) is 0 Å². The van der Waals surface area contributed by atoms with Crippen molar-refractivity contribution < 1.29 is 24.2 Å². The zero-order valence-electron chi connectivity index (χ0n) is 13.5. The SMILES string of the molecule is C=CCCCCCCO[C@H](C)C(=O)Oc1ccc(C(=O)O)cc1. The Morgan fingerprint density at radius 3 is 2.43 bits per heavy atom. The molecule has 1 aromatic rings. The van der Waals surface area contributed by atoms with Gasteiger partial charge < -0.3 is 14.6 Å². The topological polar surface area (TPSA) is 72.8 Å². The number of hydrogen-bond donors (Lipinski definition) is 1. The van der Waals surface area contributed by atoms with Crippen LogP contribution in [0.15, 0.2) is 36.9 Å². The van der Waals surface area contributed by atoms with Gasteiger partial charge in [-0.2, -0.15) is 0 Å². The molecule has 126 valence electrons. The number of allylic oxidation sites excluding steroid dienone is 1. The van der Waals surface area contributed by atoms with E-state index in [0.29, 0.717) is 12.4 Å². The van der Waals surface area contributed by atoms with E-state index in [1.165, 1.54) is 24.3 Å². The Morgan fingerprint density at radius 2 is 1.83 bits per heavy atom. The first-order valence-corrected chi connectivity index (χ1v) is 7.82. The second-order valence-corrected chi connectivity index (χ2v) is 5.26. The van der Waals surface area contributed by atoms with Crippen LogP contribution >= 0.6 is 0 Å². The van der Waals surface area contributed by atoms with Crippen LogP contribution in [0.2, 0.25) is 0 Å². The maximum Gasteiger partial charge on any atom is 0.340 e. The Balaban J connectivity index is 2.25. The fraction of sp³-hybridized carbons (Fsp3) is 0.444. The highest BCUT2D eigenvalue weighted by molar-refractivity contribution is 5.87. The summed E-state index contributed by atoms with van der Waals surface area (Å²) in [7, 11) is 0. The van der Waals surface area contributed by atoms with Gasteiger partial charge in [0.15, 0.2) is 6.10 Å². The average molecular weight is 320 g/mol. The van der Waals surface area contributed by atoms with Crippen LogP contribution in [0.4, 0.5) is 0 Å². The molecular weight excluding hydrogens is 296 g/mol. The van der Waals surface area contributed by atoms with Crippen molar-refractivity contribution in [1.82, 2.24) is 0 Å². The van der Waals surface area contributed by atoms with Gasteiger partial charge in [-0.3, -0.25) is 0 Å². The summed E-state index contributed by atoms with van der Waals surface area (Å²) in [5, 5.41) is 8.80. The lowest BCUT2D eigenvalue weighted by Gasteiger charge is -2.12. The number of carboxylic acids is 1. The molecule has 1 aromatic carbocycles. The van der Waals surface area contributed by atoms with E-state index in [4.69, 9.17) is 14.6 Å². The van der Waals surface area contributed by atoms with E-state index in [0.717, 1.165) is 32.1 Å². The highest BCUT2D eigenvalue weighted by atomic mass is 16.6. The highest BCUT2D eigenvalue weighted by Gasteiger charge is 2.16. The minimum atomic E-state index is -1.02. The molecule has 0 fully saturated rings. The molecule has 0 amide bonds. The Morgan fingerprint density at radius 1 is 1.17 bits per heavy atom. The number of benzene rings is 1. The van der Waals surface area contributed by atoms with Crippen molar-refractivity contribution in [3.8, 4) is 5.75 Å². The predicted octanol–water partition coefficient (Wildman–Crippen LogP) is 3.83. The molecule has 0 saturated heterocycles. The maximum atomic E-state index is 11.9. The summed E-state index contributed by atoms with van der Waals surface area (Å²) in [5.74, 6) is -1.20. The van der Waals surface area contributed by atoms with Crippen LogP contribution < -0.4 is 4.74 Å². The van der Waals surface area contributed by atoms with Crippen molar-refractivity contribution in [3.63, 3.8) is 0 Å².